The molecule has 0 bridgehead atoms. The maximum Gasteiger partial charge on any atom is 0.261 e. The molecule has 0 unspecified atom stereocenters. The minimum atomic E-state index is -0.416. The molecule has 136 valence electrons. The molecule has 3 N–H and O–H groups in total. The van der Waals surface area contributed by atoms with Crippen molar-refractivity contribution in [2.24, 2.45) is 5.16 Å². The van der Waals surface area contributed by atoms with E-state index in [1.54, 1.807) is 6.07 Å². The number of hydrogen-bond donors (Lipinski definition) is 3. The third-order valence-electron chi connectivity index (χ3n) is 5.08. The van der Waals surface area contributed by atoms with Gasteiger partial charge in [-0.3, -0.25) is 4.90 Å². The number of hydrogen-bond acceptors (Lipinski definition) is 6. The maximum absolute atomic E-state index is 13.8. The van der Waals surface area contributed by atoms with Gasteiger partial charge in [-0.1, -0.05) is 6.92 Å². The van der Waals surface area contributed by atoms with Gasteiger partial charge in [0, 0.05) is 18.7 Å². The topological polar surface area (TPSA) is 77.3 Å². The Balaban J connectivity index is 1.99. The van der Waals surface area contributed by atoms with E-state index in [9.17, 15) is 14.7 Å². The molecule has 4 rings (SSSR count). The number of phenols is 1. The van der Waals surface area contributed by atoms with Gasteiger partial charge < -0.3 is 20.4 Å². The quantitative estimate of drug-likeness (QED) is 0.569. The SMILES string of the molecule is CCN1CCc2c(-c3cc(F)ccc3O)cc3c(c2C1)NCO/C3=N\O. The Bertz CT molecular complexity index is 898. The molecule has 0 aromatic heterocycles. The number of nitrogens with one attached hydrogen (secondary N) is 1. The number of likely N-dealkylation sites (N-methyl/N-ethyl adjacent to an activating group) is 1. The highest BCUT2D eigenvalue weighted by Gasteiger charge is 2.29. The van der Waals surface area contributed by atoms with Crippen molar-refractivity contribution in [3.05, 3.63) is 46.8 Å². The van der Waals surface area contributed by atoms with Crippen LogP contribution < -0.4 is 5.32 Å². The summed E-state index contributed by atoms with van der Waals surface area (Å²) in [6.07, 6.45) is 0.788. The van der Waals surface area contributed by atoms with E-state index in [4.69, 9.17) is 4.74 Å². The minimum absolute atomic E-state index is 0.0126. The third kappa shape index (κ3) is 2.64. The van der Waals surface area contributed by atoms with E-state index in [2.05, 4.69) is 22.3 Å². The zero-order valence-corrected chi connectivity index (χ0v) is 14.4. The van der Waals surface area contributed by atoms with E-state index in [-0.39, 0.29) is 18.4 Å². The van der Waals surface area contributed by atoms with Gasteiger partial charge in [0.1, 0.15) is 11.6 Å². The lowest BCUT2D eigenvalue weighted by Crippen LogP contribution is -2.33. The van der Waals surface area contributed by atoms with Crippen LogP contribution in [0.25, 0.3) is 11.1 Å². The van der Waals surface area contributed by atoms with Gasteiger partial charge in [-0.25, -0.2) is 4.39 Å². The van der Waals surface area contributed by atoms with Gasteiger partial charge in [0.25, 0.3) is 5.90 Å². The molecule has 0 fully saturated rings. The van der Waals surface area contributed by atoms with Crippen molar-refractivity contribution in [2.75, 3.05) is 25.1 Å². The van der Waals surface area contributed by atoms with Crippen LogP contribution in [0.5, 0.6) is 5.75 Å². The second kappa shape index (κ2) is 6.49. The summed E-state index contributed by atoms with van der Waals surface area (Å²) in [4.78, 5) is 2.31. The predicted molar refractivity (Wildman–Crippen MR) is 96.1 cm³/mol. The number of ether oxygens (including phenoxy) is 1. The fourth-order valence-corrected chi connectivity index (χ4v) is 3.75. The number of aromatic hydroxyl groups is 1. The Labute approximate surface area is 150 Å². The monoisotopic (exact) mass is 357 g/mol. The summed E-state index contributed by atoms with van der Waals surface area (Å²) in [7, 11) is 0. The van der Waals surface area contributed by atoms with Crippen molar-refractivity contribution < 1.29 is 19.4 Å². The molecule has 0 spiro atoms. The Morgan fingerprint density at radius 2 is 2.08 bits per heavy atom. The highest BCUT2D eigenvalue weighted by molar-refractivity contribution is 6.03. The van der Waals surface area contributed by atoms with Crippen LogP contribution in [0, 0.1) is 5.82 Å². The standard InChI is InChI=1S/C19H20FN3O3/c1-2-23-6-5-12-13(14-7-11(20)3-4-17(14)24)8-15-18(16(12)9-23)21-10-26-19(15)22-25/h3-4,7-8,21,24-25H,2,5-6,9-10H2,1H3/b22-19-. The lowest BCUT2D eigenvalue weighted by molar-refractivity contribution is 0.260. The molecule has 0 saturated carbocycles. The van der Waals surface area contributed by atoms with Crippen LogP contribution in [0.4, 0.5) is 10.1 Å². The summed E-state index contributed by atoms with van der Waals surface area (Å²) in [5.41, 5.74) is 4.78. The van der Waals surface area contributed by atoms with E-state index in [0.29, 0.717) is 11.1 Å². The largest absolute Gasteiger partial charge is 0.507 e. The van der Waals surface area contributed by atoms with Crippen LogP contribution in [0.15, 0.2) is 29.4 Å². The van der Waals surface area contributed by atoms with E-state index >= 15 is 0 Å². The summed E-state index contributed by atoms with van der Waals surface area (Å²) in [5, 5.41) is 26.1. The van der Waals surface area contributed by atoms with Crippen molar-refractivity contribution in [1.82, 2.24) is 4.90 Å². The van der Waals surface area contributed by atoms with Crippen LogP contribution in [0.3, 0.4) is 0 Å². The predicted octanol–water partition coefficient (Wildman–Crippen LogP) is 3.11. The second-order valence-corrected chi connectivity index (χ2v) is 6.45. The average Bonchev–Trinajstić information content (AvgIpc) is 2.68. The highest BCUT2D eigenvalue weighted by Crippen LogP contribution is 2.41. The lowest BCUT2D eigenvalue weighted by atomic mass is 9.86. The van der Waals surface area contributed by atoms with Crippen molar-refractivity contribution >= 4 is 11.6 Å². The maximum atomic E-state index is 13.8. The minimum Gasteiger partial charge on any atom is -0.507 e. The van der Waals surface area contributed by atoms with Gasteiger partial charge in [0.15, 0.2) is 6.73 Å². The van der Waals surface area contributed by atoms with Gasteiger partial charge in [-0.15, -0.1) is 0 Å². The Morgan fingerprint density at radius 1 is 1.23 bits per heavy atom. The number of fused-ring (bicyclic) bond motifs is 3. The number of oxime groups is 1. The fraction of sp³-hybridized carbons (Fsp3) is 0.316. The first-order valence-electron chi connectivity index (χ1n) is 8.61. The molecular weight excluding hydrogens is 337 g/mol. The summed E-state index contributed by atoms with van der Waals surface area (Å²) >= 11 is 0. The van der Waals surface area contributed by atoms with Gasteiger partial charge in [-0.2, -0.15) is 0 Å². The highest BCUT2D eigenvalue weighted by atomic mass is 19.1. The summed E-state index contributed by atoms with van der Waals surface area (Å²) in [6, 6.07) is 5.71. The molecule has 0 atom stereocenters. The molecule has 2 heterocycles. The van der Waals surface area contributed by atoms with Crippen LogP contribution in [-0.4, -0.2) is 40.9 Å². The van der Waals surface area contributed by atoms with Crippen molar-refractivity contribution in [1.29, 1.82) is 0 Å². The van der Waals surface area contributed by atoms with Gasteiger partial charge in [0.05, 0.1) is 11.3 Å². The molecule has 2 aromatic carbocycles. The summed E-state index contributed by atoms with van der Waals surface area (Å²) in [5.74, 6) is -0.286. The number of nitrogens with zero attached hydrogens (tertiary/aromatic N) is 2. The first kappa shape index (κ1) is 16.7. The van der Waals surface area contributed by atoms with Gasteiger partial charge in [0.2, 0.25) is 0 Å². The summed E-state index contributed by atoms with van der Waals surface area (Å²) < 4.78 is 19.2. The third-order valence-corrected chi connectivity index (χ3v) is 5.08. The zero-order valence-electron chi connectivity index (χ0n) is 14.4. The average molecular weight is 357 g/mol. The summed E-state index contributed by atoms with van der Waals surface area (Å²) in [6.45, 7) is 4.86. The molecule has 26 heavy (non-hydrogen) atoms. The first-order valence-corrected chi connectivity index (χ1v) is 8.61. The Morgan fingerprint density at radius 3 is 2.85 bits per heavy atom. The second-order valence-electron chi connectivity index (χ2n) is 6.45. The van der Waals surface area contributed by atoms with Crippen molar-refractivity contribution in [2.45, 2.75) is 19.9 Å². The fourth-order valence-electron chi connectivity index (χ4n) is 3.75. The Kier molecular flexibility index (Phi) is 4.16. The van der Waals surface area contributed by atoms with Crippen molar-refractivity contribution in [3.8, 4) is 16.9 Å². The number of phenolic OH excluding ortho intramolecular Hbond substituents is 1. The normalized spacial score (nSPS) is 18.0. The van der Waals surface area contributed by atoms with Crippen LogP contribution in [0.1, 0.15) is 23.6 Å². The lowest BCUT2D eigenvalue weighted by Gasteiger charge is -2.34. The molecule has 0 radical (unpaired) electrons. The van der Waals surface area contributed by atoms with E-state index in [1.807, 2.05) is 0 Å². The smallest absolute Gasteiger partial charge is 0.261 e. The van der Waals surface area contributed by atoms with E-state index in [0.717, 1.165) is 48.4 Å². The van der Waals surface area contributed by atoms with E-state index in [1.165, 1.54) is 18.2 Å². The Hall–Kier alpha value is -2.80. The molecule has 2 aromatic rings. The van der Waals surface area contributed by atoms with Crippen molar-refractivity contribution in [3.63, 3.8) is 0 Å². The first-order chi connectivity index (χ1) is 12.6. The zero-order chi connectivity index (χ0) is 18.3. The molecule has 2 aliphatic heterocycles. The molecule has 2 aliphatic rings. The molecule has 7 heteroatoms. The number of benzene rings is 2. The van der Waals surface area contributed by atoms with Gasteiger partial charge >= 0.3 is 0 Å². The van der Waals surface area contributed by atoms with E-state index < -0.39 is 5.82 Å². The molecule has 0 amide bonds. The number of anilines is 1. The number of rotatable bonds is 2. The molecular formula is C19H20FN3O3. The molecule has 0 aliphatic carbocycles. The molecule has 0 saturated heterocycles. The molecule has 6 nitrogen and oxygen atoms in total. The van der Waals surface area contributed by atoms with Crippen LogP contribution in [0.2, 0.25) is 0 Å². The van der Waals surface area contributed by atoms with Crippen LogP contribution >= 0.6 is 0 Å². The van der Waals surface area contributed by atoms with Crippen LogP contribution in [-0.2, 0) is 17.7 Å². The number of halogens is 1. The van der Waals surface area contributed by atoms with Gasteiger partial charge in [-0.05, 0) is 59.1 Å².